The summed E-state index contributed by atoms with van der Waals surface area (Å²) in [6, 6.07) is 1.05. The Morgan fingerprint density at radius 1 is 1.69 bits per heavy atom. The van der Waals surface area contributed by atoms with Gasteiger partial charge in [0.25, 0.3) is 0 Å². The number of rotatable bonds is 4. The molecule has 0 saturated carbocycles. The molecule has 94 valence electrons. The molecule has 16 heavy (non-hydrogen) atoms. The van der Waals surface area contributed by atoms with Gasteiger partial charge in [0.05, 0.1) is 6.04 Å². The zero-order valence-electron chi connectivity index (χ0n) is 10.5. The maximum atomic E-state index is 8.67. The second kappa shape index (κ2) is 6.06. The lowest BCUT2D eigenvalue weighted by Gasteiger charge is -2.36. The van der Waals surface area contributed by atoms with Gasteiger partial charge in [0.2, 0.25) is 0 Å². The average molecular weight is 228 g/mol. The molecule has 0 bridgehead atoms. The summed E-state index contributed by atoms with van der Waals surface area (Å²) >= 11 is 0. The van der Waals surface area contributed by atoms with Crippen LogP contribution in [0.5, 0.6) is 0 Å². The molecule has 5 nitrogen and oxygen atoms in total. The Balaban J connectivity index is 2.47. The highest BCUT2D eigenvalue weighted by Crippen LogP contribution is 2.16. The van der Waals surface area contributed by atoms with Gasteiger partial charge in [0, 0.05) is 12.1 Å². The van der Waals surface area contributed by atoms with Crippen LogP contribution >= 0.6 is 0 Å². The number of oxime groups is 1. The van der Waals surface area contributed by atoms with E-state index < -0.39 is 0 Å². The smallest absolute Gasteiger partial charge is 0.156 e. The van der Waals surface area contributed by atoms with Crippen LogP contribution in [-0.4, -0.2) is 47.7 Å². The van der Waals surface area contributed by atoms with E-state index in [1.54, 1.807) is 0 Å². The Bertz CT molecular complexity index is 244. The molecule has 1 rings (SSSR count). The van der Waals surface area contributed by atoms with E-state index in [-0.39, 0.29) is 11.9 Å². The van der Waals surface area contributed by atoms with Crippen molar-refractivity contribution in [2.24, 2.45) is 10.9 Å². The summed E-state index contributed by atoms with van der Waals surface area (Å²) in [5.41, 5.74) is 5.63. The second-order valence-electron chi connectivity index (χ2n) is 4.70. The summed E-state index contributed by atoms with van der Waals surface area (Å²) in [5, 5.41) is 15.2. The van der Waals surface area contributed by atoms with Crippen LogP contribution in [0.3, 0.4) is 0 Å². The predicted octanol–water partition coefficient (Wildman–Crippen LogP) is 0.584. The fourth-order valence-corrected chi connectivity index (χ4v) is 2.21. The lowest BCUT2D eigenvalue weighted by atomic mass is 9.97. The molecule has 5 heteroatoms. The summed E-state index contributed by atoms with van der Waals surface area (Å²) in [7, 11) is 2.15. The lowest BCUT2D eigenvalue weighted by molar-refractivity contribution is 0.165. The van der Waals surface area contributed by atoms with Crippen LogP contribution in [0.25, 0.3) is 0 Å². The number of likely N-dealkylation sites (tertiary alicyclic amines) is 1. The van der Waals surface area contributed by atoms with Gasteiger partial charge >= 0.3 is 0 Å². The van der Waals surface area contributed by atoms with Crippen molar-refractivity contribution in [1.82, 2.24) is 10.2 Å². The van der Waals surface area contributed by atoms with Gasteiger partial charge in [-0.2, -0.15) is 0 Å². The first-order chi connectivity index (χ1) is 7.58. The van der Waals surface area contributed by atoms with E-state index in [0.29, 0.717) is 12.1 Å². The second-order valence-corrected chi connectivity index (χ2v) is 4.70. The monoisotopic (exact) mass is 228 g/mol. The van der Waals surface area contributed by atoms with E-state index in [1.165, 1.54) is 0 Å². The number of hydrogen-bond acceptors (Lipinski definition) is 4. The van der Waals surface area contributed by atoms with Crippen LogP contribution < -0.4 is 11.1 Å². The number of hydrogen-bond donors (Lipinski definition) is 3. The molecule has 1 heterocycles. The van der Waals surface area contributed by atoms with Crippen LogP contribution in [0.4, 0.5) is 0 Å². The van der Waals surface area contributed by atoms with Crippen molar-refractivity contribution in [2.75, 3.05) is 13.6 Å². The maximum absolute atomic E-state index is 8.67. The van der Waals surface area contributed by atoms with E-state index in [4.69, 9.17) is 10.9 Å². The molecule has 3 atom stereocenters. The van der Waals surface area contributed by atoms with Crippen LogP contribution in [0.2, 0.25) is 0 Å². The molecule has 0 spiro atoms. The van der Waals surface area contributed by atoms with Gasteiger partial charge in [-0.3, -0.25) is 0 Å². The molecule has 0 radical (unpaired) electrons. The van der Waals surface area contributed by atoms with E-state index in [0.717, 1.165) is 25.8 Å². The molecule has 0 aromatic carbocycles. The first kappa shape index (κ1) is 13.3. The topological polar surface area (TPSA) is 73.9 Å². The quantitative estimate of drug-likeness (QED) is 0.285. The normalized spacial score (nSPS) is 30.3. The largest absolute Gasteiger partial charge is 0.409 e. The molecule has 0 aromatic heterocycles. The van der Waals surface area contributed by atoms with Gasteiger partial charge in [0.1, 0.15) is 0 Å². The van der Waals surface area contributed by atoms with Crippen molar-refractivity contribution >= 4 is 5.84 Å². The number of piperidine rings is 1. The van der Waals surface area contributed by atoms with Crippen molar-refractivity contribution in [2.45, 2.75) is 51.2 Å². The standard InChI is InChI=1S/C11H24N4O/c1-4-10(11(12)14-16)13-9-5-6-15(3)8(2)7-9/h8-10,13,16H,4-7H2,1-3H3,(H2,12,14). The highest BCUT2D eigenvalue weighted by atomic mass is 16.4. The van der Waals surface area contributed by atoms with E-state index in [9.17, 15) is 0 Å². The Morgan fingerprint density at radius 3 is 2.88 bits per heavy atom. The summed E-state index contributed by atoms with van der Waals surface area (Å²) in [6.07, 6.45) is 3.08. The predicted molar refractivity (Wildman–Crippen MR) is 65.7 cm³/mol. The summed E-state index contributed by atoms with van der Waals surface area (Å²) in [4.78, 5) is 2.36. The van der Waals surface area contributed by atoms with Crippen molar-refractivity contribution in [3.63, 3.8) is 0 Å². The van der Waals surface area contributed by atoms with Crippen molar-refractivity contribution < 1.29 is 5.21 Å². The first-order valence-electron chi connectivity index (χ1n) is 6.02. The highest BCUT2D eigenvalue weighted by Gasteiger charge is 2.25. The van der Waals surface area contributed by atoms with Gasteiger partial charge in [-0.05, 0) is 39.8 Å². The fraction of sp³-hybridized carbons (Fsp3) is 0.909. The van der Waals surface area contributed by atoms with E-state index in [2.05, 4.69) is 29.3 Å². The minimum absolute atomic E-state index is 0.00870. The molecule has 4 N–H and O–H groups in total. The van der Waals surface area contributed by atoms with Crippen molar-refractivity contribution in [1.29, 1.82) is 0 Å². The third-order valence-electron chi connectivity index (χ3n) is 3.53. The minimum Gasteiger partial charge on any atom is -0.409 e. The fourth-order valence-electron chi connectivity index (χ4n) is 2.21. The lowest BCUT2D eigenvalue weighted by Crippen LogP contribution is -2.51. The third-order valence-corrected chi connectivity index (χ3v) is 3.53. The van der Waals surface area contributed by atoms with Crippen LogP contribution in [0.1, 0.15) is 33.1 Å². The SMILES string of the molecule is CCC(NC1CCN(C)C(C)C1)C(N)=NO. The Labute approximate surface area is 97.7 Å². The molecule has 1 saturated heterocycles. The van der Waals surface area contributed by atoms with Gasteiger partial charge < -0.3 is 21.2 Å². The molecular weight excluding hydrogens is 204 g/mol. The van der Waals surface area contributed by atoms with E-state index in [1.807, 2.05) is 6.92 Å². The van der Waals surface area contributed by atoms with Crippen LogP contribution in [0.15, 0.2) is 5.16 Å². The van der Waals surface area contributed by atoms with Gasteiger partial charge in [-0.25, -0.2) is 0 Å². The average Bonchev–Trinajstić information content (AvgIpc) is 2.29. The molecule has 0 aliphatic carbocycles. The zero-order valence-corrected chi connectivity index (χ0v) is 10.5. The van der Waals surface area contributed by atoms with Crippen molar-refractivity contribution in [3.05, 3.63) is 0 Å². The molecule has 0 amide bonds. The van der Waals surface area contributed by atoms with Crippen molar-refractivity contribution in [3.8, 4) is 0 Å². The van der Waals surface area contributed by atoms with E-state index >= 15 is 0 Å². The Morgan fingerprint density at radius 2 is 2.38 bits per heavy atom. The molecule has 1 aliphatic rings. The Hall–Kier alpha value is -0.810. The van der Waals surface area contributed by atoms with Gasteiger partial charge in [-0.1, -0.05) is 12.1 Å². The number of nitrogens with one attached hydrogen (secondary N) is 1. The summed E-state index contributed by atoms with van der Waals surface area (Å²) in [6.45, 7) is 5.37. The van der Waals surface area contributed by atoms with Crippen LogP contribution in [-0.2, 0) is 0 Å². The van der Waals surface area contributed by atoms with Crippen LogP contribution in [0, 0.1) is 0 Å². The molecular formula is C11H24N4O. The third kappa shape index (κ3) is 3.35. The molecule has 0 aromatic rings. The molecule has 1 fully saturated rings. The van der Waals surface area contributed by atoms with Gasteiger partial charge in [0.15, 0.2) is 5.84 Å². The van der Waals surface area contributed by atoms with Gasteiger partial charge in [-0.15, -0.1) is 0 Å². The highest BCUT2D eigenvalue weighted by molar-refractivity contribution is 5.85. The maximum Gasteiger partial charge on any atom is 0.156 e. The first-order valence-corrected chi connectivity index (χ1v) is 6.02. The Kier molecular flexibility index (Phi) is 5.02. The summed E-state index contributed by atoms with van der Waals surface area (Å²) < 4.78 is 0. The molecule has 3 unspecified atom stereocenters. The molecule has 1 aliphatic heterocycles. The zero-order chi connectivity index (χ0) is 12.1. The minimum atomic E-state index is -0.00870. The number of amidine groups is 1. The number of nitrogens with two attached hydrogens (primary N) is 1. The number of nitrogens with zero attached hydrogens (tertiary/aromatic N) is 2. The summed E-state index contributed by atoms with van der Waals surface area (Å²) in [5.74, 6) is 0.286.